The summed E-state index contributed by atoms with van der Waals surface area (Å²) in [6.07, 6.45) is 0. The van der Waals surface area contributed by atoms with Gasteiger partial charge in [0.25, 0.3) is 0 Å². The van der Waals surface area contributed by atoms with Gasteiger partial charge in [-0.05, 0) is 55.3 Å². The highest BCUT2D eigenvalue weighted by Gasteiger charge is 2.12. The van der Waals surface area contributed by atoms with Gasteiger partial charge in [-0.25, -0.2) is 4.98 Å². The van der Waals surface area contributed by atoms with Crippen LogP contribution in [0.3, 0.4) is 0 Å². The first-order valence-corrected chi connectivity index (χ1v) is 6.81. The molecule has 1 aromatic heterocycles. The van der Waals surface area contributed by atoms with Crippen molar-refractivity contribution in [1.82, 2.24) is 9.97 Å². The van der Waals surface area contributed by atoms with E-state index in [4.69, 9.17) is 9.47 Å². The molecule has 0 fully saturated rings. The summed E-state index contributed by atoms with van der Waals surface area (Å²) in [6.45, 7) is 4.19. The van der Waals surface area contributed by atoms with Crippen molar-refractivity contribution in [2.75, 3.05) is 14.2 Å². The lowest BCUT2D eigenvalue weighted by Crippen LogP contribution is -1.91. The normalized spacial score (nSPS) is 10.9. The van der Waals surface area contributed by atoms with Crippen LogP contribution in [0.2, 0.25) is 0 Å². The van der Waals surface area contributed by atoms with E-state index in [0.717, 1.165) is 33.9 Å². The van der Waals surface area contributed by atoms with Crippen molar-refractivity contribution >= 4 is 11.0 Å². The van der Waals surface area contributed by atoms with Crippen molar-refractivity contribution in [2.24, 2.45) is 0 Å². The molecule has 108 valence electrons. The van der Waals surface area contributed by atoms with Crippen LogP contribution in [-0.4, -0.2) is 24.2 Å². The Morgan fingerprint density at radius 2 is 1.71 bits per heavy atom. The molecule has 1 heterocycles. The van der Waals surface area contributed by atoms with Gasteiger partial charge in [-0.15, -0.1) is 0 Å². The van der Waals surface area contributed by atoms with E-state index in [9.17, 15) is 0 Å². The predicted molar refractivity (Wildman–Crippen MR) is 84.1 cm³/mol. The number of methoxy groups -OCH3 is 2. The van der Waals surface area contributed by atoms with E-state index in [1.807, 2.05) is 18.2 Å². The molecule has 0 saturated heterocycles. The molecular weight excluding hydrogens is 264 g/mol. The molecule has 0 aliphatic rings. The highest BCUT2D eigenvalue weighted by molar-refractivity contribution is 5.82. The largest absolute Gasteiger partial charge is 0.497 e. The molecule has 21 heavy (non-hydrogen) atoms. The first-order valence-electron chi connectivity index (χ1n) is 6.81. The summed E-state index contributed by atoms with van der Waals surface area (Å²) >= 11 is 0. The van der Waals surface area contributed by atoms with Crippen LogP contribution in [0.4, 0.5) is 0 Å². The Morgan fingerprint density at radius 3 is 2.43 bits per heavy atom. The van der Waals surface area contributed by atoms with Crippen molar-refractivity contribution in [2.45, 2.75) is 13.8 Å². The third-order valence-electron chi connectivity index (χ3n) is 3.76. The molecule has 0 aliphatic carbocycles. The van der Waals surface area contributed by atoms with Crippen LogP contribution < -0.4 is 9.47 Å². The Balaban J connectivity index is 2.20. The van der Waals surface area contributed by atoms with E-state index in [0.29, 0.717) is 0 Å². The lowest BCUT2D eigenvalue weighted by atomic mass is 10.1. The first kappa shape index (κ1) is 13.5. The van der Waals surface area contributed by atoms with E-state index in [2.05, 4.69) is 35.9 Å². The number of H-pyrrole nitrogens is 1. The van der Waals surface area contributed by atoms with Crippen LogP contribution in [0, 0.1) is 13.8 Å². The molecule has 2 aromatic carbocycles. The maximum Gasteiger partial charge on any atom is 0.142 e. The Hall–Kier alpha value is -2.49. The van der Waals surface area contributed by atoms with Crippen LogP contribution in [0.15, 0.2) is 30.3 Å². The van der Waals surface area contributed by atoms with Gasteiger partial charge in [-0.1, -0.05) is 0 Å². The number of hydrogen-bond acceptors (Lipinski definition) is 3. The van der Waals surface area contributed by atoms with Gasteiger partial charge < -0.3 is 14.5 Å². The Bertz CT molecular complexity index is 767. The number of rotatable bonds is 3. The third kappa shape index (κ3) is 2.33. The maximum atomic E-state index is 5.43. The first-order chi connectivity index (χ1) is 10.1. The molecule has 0 aliphatic heterocycles. The Labute approximate surface area is 123 Å². The third-order valence-corrected chi connectivity index (χ3v) is 3.76. The van der Waals surface area contributed by atoms with E-state index >= 15 is 0 Å². The summed E-state index contributed by atoms with van der Waals surface area (Å²) in [7, 11) is 3.30. The van der Waals surface area contributed by atoms with Crippen LogP contribution in [-0.2, 0) is 0 Å². The summed E-state index contributed by atoms with van der Waals surface area (Å²) < 4.78 is 10.7. The number of nitrogens with one attached hydrogen (secondary N) is 1. The number of aromatic nitrogens is 2. The molecule has 0 radical (unpaired) electrons. The highest BCUT2D eigenvalue weighted by Crippen LogP contribution is 2.33. The molecule has 1 N–H and O–H groups in total. The fourth-order valence-corrected chi connectivity index (χ4v) is 2.40. The van der Waals surface area contributed by atoms with Crippen molar-refractivity contribution in [3.8, 4) is 22.9 Å². The summed E-state index contributed by atoms with van der Waals surface area (Å²) in [4.78, 5) is 8.04. The van der Waals surface area contributed by atoms with Gasteiger partial charge in [0, 0.05) is 0 Å². The van der Waals surface area contributed by atoms with E-state index in [1.54, 1.807) is 14.2 Å². The maximum absolute atomic E-state index is 5.43. The monoisotopic (exact) mass is 282 g/mol. The lowest BCUT2D eigenvalue weighted by Gasteiger charge is -2.08. The summed E-state index contributed by atoms with van der Waals surface area (Å²) in [5.74, 6) is 2.33. The zero-order chi connectivity index (χ0) is 15.0. The molecule has 3 aromatic rings. The van der Waals surface area contributed by atoms with Gasteiger partial charge >= 0.3 is 0 Å². The molecule has 0 bridgehead atoms. The second kappa shape index (κ2) is 5.13. The number of hydrogen-bond donors (Lipinski definition) is 1. The SMILES string of the molecule is COc1ccc(OC)c(-c2nc3cc(C)c(C)cc3[nH]2)c1. The zero-order valence-corrected chi connectivity index (χ0v) is 12.7. The minimum absolute atomic E-state index is 0.767. The molecule has 0 atom stereocenters. The quantitative estimate of drug-likeness (QED) is 0.793. The smallest absolute Gasteiger partial charge is 0.142 e. The summed E-state index contributed by atoms with van der Waals surface area (Å²) in [5.41, 5.74) is 5.35. The molecular formula is C17H18N2O2. The molecule has 3 rings (SSSR count). The number of fused-ring (bicyclic) bond motifs is 1. The topological polar surface area (TPSA) is 47.1 Å². The highest BCUT2D eigenvalue weighted by atomic mass is 16.5. The van der Waals surface area contributed by atoms with Crippen LogP contribution in [0.25, 0.3) is 22.4 Å². The van der Waals surface area contributed by atoms with Gasteiger partial charge in [0.05, 0.1) is 30.8 Å². The Kier molecular flexibility index (Phi) is 3.29. The van der Waals surface area contributed by atoms with Crippen LogP contribution in [0.5, 0.6) is 11.5 Å². The van der Waals surface area contributed by atoms with E-state index in [1.165, 1.54) is 11.1 Å². The van der Waals surface area contributed by atoms with Gasteiger partial charge in [-0.2, -0.15) is 0 Å². The molecule has 0 saturated carbocycles. The fourth-order valence-electron chi connectivity index (χ4n) is 2.40. The second-order valence-corrected chi connectivity index (χ2v) is 5.11. The number of nitrogens with zero attached hydrogens (tertiary/aromatic N) is 1. The van der Waals surface area contributed by atoms with Crippen LogP contribution >= 0.6 is 0 Å². The van der Waals surface area contributed by atoms with Gasteiger partial charge in [0.2, 0.25) is 0 Å². The number of ether oxygens (including phenoxy) is 2. The lowest BCUT2D eigenvalue weighted by molar-refractivity contribution is 0.404. The second-order valence-electron chi connectivity index (χ2n) is 5.11. The van der Waals surface area contributed by atoms with Gasteiger partial charge in [-0.3, -0.25) is 0 Å². The average Bonchev–Trinajstić information content (AvgIpc) is 2.89. The van der Waals surface area contributed by atoms with Crippen molar-refractivity contribution in [3.63, 3.8) is 0 Å². The molecule has 0 spiro atoms. The average molecular weight is 282 g/mol. The standard InChI is InChI=1S/C17H18N2O2/c1-10-7-14-15(8-11(10)2)19-17(18-14)13-9-12(20-3)5-6-16(13)21-4/h5-9H,1-4H3,(H,18,19). The Morgan fingerprint density at radius 1 is 0.952 bits per heavy atom. The predicted octanol–water partition coefficient (Wildman–Crippen LogP) is 3.86. The molecule has 0 amide bonds. The van der Waals surface area contributed by atoms with Crippen LogP contribution in [0.1, 0.15) is 11.1 Å². The molecule has 4 heteroatoms. The minimum atomic E-state index is 0.767. The number of benzene rings is 2. The van der Waals surface area contributed by atoms with E-state index in [-0.39, 0.29) is 0 Å². The van der Waals surface area contributed by atoms with Crippen molar-refractivity contribution in [3.05, 3.63) is 41.5 Å². The number of aromatic amines is 1. The minimum Gasteiger partial charge on any atom is -0.497 e. The zero-order valence-electron chi connectivity index (χ0n) is 12.7. The number of imidazole rings is 1. The van der Waals surface area contributed by atoms with Crippen molar-refractivity contribution < 1.29 is 9.47 Å². The molecule has 0 unspecified atom stereocenters. The fraction of sp³-hybridized carbons (Fsp3) is 0.235. The van der Waals surface area contributed by atoms with Crippen molar-refractivity contribution in [1.29, 1.82) is 0 Å². The number of aryl methyl sites for hydroxylation is 2. The van der Waals surface area contributed by atoms with E-state index < -0.39 is 0 Å². The van der Waals surface area contributed by atoms with Gasteiger partial charge in [0.15, 0.2) is 0 Å². The molecule has 4 nitrogen and oxygen atoms in total. The van der Waals surface area contributed by atoms with Gasteiger partial charge in [0.1, 0.15) is 17.3 Å². The summed E-state index contributed by atoms with van der Waals surface area (Å²) in [6, 6.07) is 9.90. The summed E-state index contributed by atoms with van der Waals surface area (Å²) in [5, 5.41) is 0.